The zero-order valence-corrected chi connectivity index (χ0v) is 10.8. The van der Waals surface area contributed by atoms with Gasteiger partial charge in [-0.2, -0.15) is 13.2 Å². The van der Waals surface area contributed by atoms with E-state index in [1.54, 1.807) is 0 Å². The summed E-state index contributed by atoms with van der Waals surface area (Å²) in [4.78, 5) is 13.4. The lowest BCUT2D eigenvalue weighted by Crippen LogP contribution is -2.61. The third-order valence-corrected chi connectivity index (χ3v) is 3.44. The Labute approximate surface area is 109 Å². The van der Waals surface area contributed by atoms with E-state index >= 15 is 0 Å². The van der Waals surface area contributed by atoms with Crippen LogP contribution in [0.25, 0.3) is 0 Å². The maximum absolute atomic E-state index is 12.1. The van der Waals surface area contributed by atoms with Crippen molar-refractivity contribution in [1.29, 1.82) is 0 Å². The highest BCUT2D eigenvalue weighted by Gasteiger charge is 2.40. The molecule has 0 aromatic rings. The summed E-state index contributed by atoms with van der Waals surface area (Å²) in [6.07, 6.45) is -5.16. The van der Waals surface area contributed by atoms with Crippen LogP contribution in [0.1, 0.15) is 19.3 Å². The number of alkyl halides is 3. The average molecular weight is 283 g/mol. The van der Waals surface area contributed by atoms with Gasteiger partial charge in [0, 0.05) is 13.1 Å². The van der Waals surface area contributed by atoms with Gasteiger partial charge < -0.3 is 16.0 Å². The van der Waals surface area contributed by atoms with Crippen molar-refractivity contribution in [1.82, 2.24) is 10.2 Å². The molecule has 1 fully saturated rings. The number of hydrogen-bond acceptors (Lipinski definition) is 3. The molecular weight excluding hydrogens is 267 g/mol. The minimum atomic E-state index is -4.52. The standard InChI is InChI=1S/C10H16F3N3OS/c1-16-4-2-9(3-5-16,8(14)18)15-7(17)6-10(11,12)13/h2-6H2,1H3,(H2,14,18)(H,15,17). The normalized spacial score (nSPS) is 20.4. The number of nitrogens with zero attached hydrogens (tertiary/aromatic N) is 1. The van der Waals surface area contributed by atoms with Crippen LogP contribution in [0.5, 0.6) is 0 Å². The van der Waals surface area contributed by atoms with E-state index < -0.39 is 24.0 Å². The number of amides is 1. The Hall–Kier alpha value is -0.890. The molecule has 0 aliphatic carbocycles. The molecule has 0 radical (unpaired) electrons. The van der Waals surface area contributed by atoms with Gasteiger partial charge in [0.1, 0.15) is 6.42 Å². The van der Waals surface area contributed by atoms with Gasteiger partial charge in [-0.05, 0) is 19.9 Å². The van der Waals surface area contributed by atoms with Crippen molar-refractivity contribution >= 4 is 23.1 Å². The minimum absolute atomic E-state index is 0.0473. The number of likely N-dealkylation sites (tertiary alicyclic amines) is 1. The molecule has 18 heavy (non-hydrogen) atoms. The Kier molecular flexibility index (Phi) is 4.55. The zero-order chi connectivity index (χ0) is 14.0. The largest absolute Gasteiger partial charge is 0.397 e. The van der Waals surface area contributed by atoms with Crippen LogP contribution < -0.4 is 11.1 Å². The predicted molar refractivity (Wildman–Crippen MR) is 65.1 cm³/mol. The maximum Gasteiger partial charge on any atom is 0.397 e. The third kappa shape index (κ3) is 4.09. The van der Waals surface area contributed by atoms with Gasteiger partial charge >= 0.3 is 6.18 Å². The van der Waals surface area contributed by atoms with Gasteiger partial charge in [-0.3, -0.25) is 4.79 Å². The lowest BCUT2D eigenvalue weighted by Gasteiger charge is -2.40. The summed E-state index contributed by atoms with van der Waals surface area (Å²) in [7, 11) is 1.89. The highest BCUT2D eigenvalue weighted by atomic mass is 32.1. The molecule has 3 N–H and O–H groups in total. The van der Waals surface area contributed by atoms with E-state index in [2.05, 4.69) is 5.32 Å². The molecule has 0 spiro atoms. The van der Waals surface area contributed by atoms with Gasteiger partial charge in [0.15, 0.2) is 0 Å². The summed E-state index contributed by atoms with van der Waals surface area (Å²) in [5.41, 5.74) is 4.59. The quantitative estimate of drug-likeness (QED) is 0.752. The molecule has 1 saturated heterocycles. The molecule has 4 nitrogen and oxygen atoms in total. The molecule has 0 bridgehead atoms. The Morgan fingerprint density at radius 3 is 2.33 bits per heavy atom. The second-order valence-electron chi connectivity index (χ2n) is 4.59. The Morgan fingerprint density at radius 2 is 1.94 bits per heavy atom. The number of nitrogens with one attached hydrogen (secondary N) is 1. The first-order chi connectivity index (χ1) is 8.15. The average Bonchev–Trinajstić information content (AvgIpc) is 2.18. The maximum atomic E-state index is 12.1. The molecule has 104 valence electrons. The molecule has 1 aliphatic heterocycles. The van der Waals surface area contributed by atoms with Crippen molar-refractivity contribution in [2.45, 2.75) is 31.0 Å². The molecule has 1 rings (SSSR count). The van der Waals surface area contributed by atoms with Crippen molar-refractivity contribution in [3.63, 3.8) is 0 Å². The fourth-order valence-corrected chi connectivity index (χ4v) is 2.18. The van der Waals surface area contributed by atoms with Crippen molar-refractivity contribution in [2.75, 3.05) is 20.1 Å². The second-order valence-corrected chi connectivity index (χ2v) is 5.03. The van der Waals surface area contributed by atoms with E-state index in [9.17, 15) is 18.0 Å². The smallest absolute Gasteiger partial charge is 0.391 e. The minimum Gasteiger partial charge on any atom is -0.391 e. The molecule has 0 unspecified atom stereocenters. The molecule has 0 aromatic carbocycles. The van der Waals surface area contributed by atoms with Gasteiger partial charge in [-0.1, -0.05) is 12.2 Å². The van der Waals surface area contributed by atoms with Crippen LogP contribution in [0.15, 0.2) is 0 Å². The number of halogens is 3. The van der Waals surface area contributed by atoms with Gasteiger partial charge in [0.05, 0.1) is 10.5 Å². The zero-order valence-electron chi connectivity index (χ0n) is 10.0. The van der Waals surface area contributed by atoms with Gasteiger partial charge in [0.2, 0.25) is 5.91 Å². The first kappa shape index (κ1) is 15.2. The molecule has 1 amide bonds. The van der Waals surface area contributed by atoms with Crippen molar-refractivity contribution < 1.29 is 18.0 Å². The van der Waals surface area contributed by atoms with Crippen LogP contribution in [0.4, 0.5) is 13.2 Å². The number of carbonyl (C=O) groups excluding carboxylic acids is 1. The van der Waals surface area contributed by atoms with Gasteiger partial charge in [-0.25, -0.2) is 0 Å². The summed E-state index contributed by atoms with van der Waals surface area (Å²) in [5, 5.41) is 2.36. The number of carbonyl (C=O) groups is 1. The Morgan fingerprint density at radius 1 is 1.44 bits per heavy atom. The number of piperidine rings is 1. The Bertz CT molecular complexity index is 338. The van der Waals surface area contributed by atoms with E-state index in [0.717, 1.165) is 0 Å². The predicted octanol–water partition coefficient (Wildman–Crippen LogP) is 0.806. The van der Waals surface area contributed by atoms with Crippen LogP contribution in [0.2, 0.25) is 0 Å². The number of nitrogens with two attached hydrogens (primary N) is 1. The topological polar surface area (TPSA) is 58.4 Å². The SMILES string of the molecule is CN1CCC(NC(=O)CC(F)(F)F)(C(N)=S)CC1. The third-order valence-electron chi connectivity index (χ3n) is 3.05. The fraction of sp³-hybridized carbons (Fsp3) is 0.800. The summed E-state index contributed by atoms with van der Waals surface area (Å²) in [5.74, 6) is -1.08. The molecular formula is C10H16F3N3OS. The molecule has 8 heteroatoms. The number of hydrogen-bond donors (Lipinski definition) is 2. The van der Waals surface area contributed by atoms with E-state index in [-0.39, 0.29) is 4.99 Å². The second kappa shape index (κ2) is 5.40. The van der Waals surface area contributed by atoms with E-state index in [4.69, 9.17) is 18.0 Å². The molecule has 0 atom stereocenters. The van der Waals surface area contributed by atoms with E-state index in [0.29, 0.717) is 25.9 Å². The monoisotopic (exact) mass is 283 g/mol. The number of thiocarbonyl (C=S) groups is 1. The lowest BCUT2D eigenvalue weighted by atomic mass is 9.87. The van der Waals surface area contributed by atoms with Crippen molar-refractivity contribution in [3.8, 4) is 0 Å². The van der Waals surface area contributed by atoms with Crippen LogP contribution in [0, 0.1) is 0 Å². The fourth-order valence-electron chi connectivity index (χ4n) is 1.93. The molecule has 0 saturated carbocycles. The summed E-state index contributed by atoms with van der Waals surface area (Å²) in [6.45, 7) is 1.26. The van der Waals surface area contributed by atoms with E-state index in [1.807, 2.05) is 11.9 Å². The van der Waals surface area contributed by atoms with Crippen LogP contribution >= 0.6 is 12.2 Å². The molecule has 1 heterocycles. The van der Waals surface area contributed by atoms with Crippen molar-refractivity contribution in [3.05, 3.63) is 0 Å². The first-order valence-electron chi connectivity index (χ1n) is 5.51. The summed E-state index contributed by atoms with van der Waals surface area (Å²) >= 11 is 4.89. The number of rotatable bonds is 3. The summed E-state index contributed by atoms with van der Waals surface area (Å²) < 4.78 is 36.3. The lowest BCUT2D eigenvalue weighted by molar-refractivity contribution is -0.154. The molecule has 0 aromatic heterocycles. The van der Waals surface area contributed by atoms with Crippen LogP contribution in [0.3, 0.4) is 0 Å². The highest BCUT2D eigenvalue weighted by molar-refractivity contribution is 7.80. The Balaban J connectivity index is 2.70. The van der Waals surface area contributed by atoms with Gasteiger partial charge in [0.25, 0.3) is 0 Å². The van der Waals surface area contributed by atoms with Crippen LogP contribution in [-0.4, -0.2) is 47.6 Å². The van der Waals surface area contributed by atoms with E-state index in [1.165, 1.54) is 0 Å². The van der Waals surface area contributed by atoms with Crippen molar-refractivity contribution in [2.24, 2.45) is 5.73 Å². The van der Waals surface area contributed by atoms with Crippen LogP contribution in [-0.2, 0) is 4.79 Å². The molecule has 1 aliphatic rings. The van der Waals surface area contributed by atoms with Gasteiger partial charge in [-0.15, -0.1) is 0 Å². The first-order valence-corrected chi connectivity index (χ1v) is 5.92. The highest BCUT2D eigenvalue weighted by Crippen LogP contribution is 2.24. The summed E-state index contributed by atoms with van der Waals surface area (Å²) in [6, 6.07) is 0.